The molecule has 0 spiro atoms. The Kier molecular flexibility index (Phi) is 5.11. The summed E-state index contributed by atoms with van der Waals surface area (Å²) in [5.74, 6) is 0. The molecule has 2 rings (SSSR count). The summed E-state index contributed by atoms with van der Waals surface area (Å²) < 4.78 is 0. The van der Waals surface area contributed by atoms with Crippen molar-refractivity contribution in [2.45, 2.75) is 32.1 Å². The van der Waals surface area contributed by atoms with E-state index in [4.69, 9.17) is 23.2 Å². The molecule has 0 aromatic heterocycles. The Morgan fingerprint density at radius 3 is 2.32 bits per heavy atom. The minimum atomic E-state index is -0.281. The van der Waals surface area contributed by atoms with Crippen molar-refractivity contribution in [3.8, 4) is 0 Å². The molecule has 1 aliphatic rings. The normalized spacial score (nSPS) is 14.9. The molecule has 102 valence electrons. The fourth-order valence-electron chi connectivity index (χ4n) is 2.11. The van der Waals surface area contributed by atoms with Crippen LogP contribution < -0.4 is 10.6 Å². The van der Waals surface area contributed by atoms with Crippen LogP contribution in [0.15, 0.2) is 30.0 Å². The summed E-state index contributed by atoms with van der Waals surface area (Å²) in [6.07, 6.45) is 7.65. The molecular formula is C14H16Cl2N2O. The van der Waals surface area contributed by atoms with E-state index in [0.717, 1.165) is 12.8 Å². The summed E-state index contributed by atoms with van der Waals surface area (Å²) >= 11 is 11.7. The van der Waals surface area contributed by atoms with Crippen LogP contribution in [0.2, 0.25) is 10.0 Å². The van der Waals surface area contributed by atoms with Crippen molar-refractivity contribution in [1.82, 2.24) is 5.32 Å². The van der Waals surface area contributed by atoms with Crippen LogP contribution in [0.1, 0.15) is 32.1 Å². The lowest BCUT2D eigenvalue weighted by Gasteiger charge is -2.13. The standard InChI is InChI=1S/C14H16Cl2N2O/c15-11-6-12(16)8-13(7-11)18-14(19)17-9-10-4-2-1-3-5-10/h6-9H,1-5H2,(H2,17,18,19). The second-order valence-electron chi connectivity index (χ2n) is 4.62. The summed E-state index contributed by atoms with van der Waals surface area (Å²) in [7, 11) is 0. The van der Waals surface area contributed by atoms with Crippen molar-refractivity contribution in [2.24, 2.45) is 0 Å². The number of carbonyl (C=O) groups is 1. The Balaban J connectivity index is 1.90. The molecular weight excluding hydrogens is 283 g/mol. The Labute approximate surface area is 123 Å². The van der Waals surface area contributed by atoms with E-state index >= 15 is 0 Å². The molecule has 5 heteroatoms. The molecule has 1 aliphatic carbocycles. The van der Waals surface area contributed by atoms with Gasteiger partial charge in [0.25, 0.3) is 0 Å². The molecule has 0 saturated heterocycles. The zero-order chi connectivity index (χ0) is 13.7. The van der Waals surface area contributed by atoms with Gasteiger partial charge in [-0.3, -0.25) is 0 Å². The van der Waals surface area contributed by atoms with Gasteiger partial charge in [0.1, 0.15) is 0 Å². The lowest BCUT2D eigenvalue weighted by atomic mass is 9.96. The number of rotatable bonds is 2. The van der Waals surface area contributed by atoms with Gasteiger partial charge in [0.15, 0.2) is 0 Å². The van der Waals surface area contributed by atoms with Crippen LogP contribution in [-0.4, -0.2) is 6.03 Å². The van der Waals surface area contributed by atoms with E-state index in [9.17, 15) is 4.79 Å². The quantitative estimate of drug-likeness (QED) is 0.796. The van der Waals surface area contributed by atoms with Gasteiger partial charge in [-0.25, -0.2) is 4.79 Å². The van der Waals surface area contributed by atoms with Gasteiger partial charge in [0.05, 0.1) is 0 Å². The van der Waals surface area contributed by atoms with E-state index in [-0.39, 0.29) is 6.03 Å². The van der Waals surface area contributed by atoms with Crippen LogP contribution in [0.5, 0.6) is 0 Å². The summed E-state index contributed by atoms with van der Waals surface area (Å²) in [6.45, 7) is 0. The van der Waals surface area contributed by atoms with Crippen LogP contribution in [0.4, 0.5) is 10.5 Å². The number of allylic oxidation sites excluding steroid dienone is 1. The van der Waals surface area contributed by atoms with E-state index in [2.05, 4.69) is 10.6 Å². The van der Waals surface area contributed by atoms with E-state index < -0.39 is 0 Å². The maximum absolute atomic E-state index is 11.7. The Bertz CT molecular complexity index is 472. The van der Waals surface area contributed by atoms with Gasteiger partial charge in [-0.15, -0.1) is 0 Å². The Morgan fingerprint density at radius 1 is 1.05 bits per heavy atom. The number of carbonyl (C=O) groups excluding carboxylic acids is 1. The molecule has 0 atom stereocenters. The predicted molar refractivity (Wildman–Crippen MR) is 79.8 cm³/mol. The van der Waals surface area contributed by atoms with Crippen molar-refractivity contribution >= 4 is 34.9 Å². The fraction of sp³-hybridized carbons (Fsp3) is 0.357. The number of halogens is 2. The third-order valence-electron chi connectivity index (χ3n) is 3.02. The average Bonchev–Trinajstić information content (AvgIpc) is 2.36. The minimum Gasteiger partial charge on any atom is -0.314 e. The summed E-state index contributed by atoms with van der Waals surface area (Å²) in [5, 5.41) is 6.43. The van der Waals surface area contributed by atoms with Gasteiger partial charge in [-0.1, -0.05) is 35.2 Å². The van der Waals surface area contributed by atoms with Crippen molar-refractivity contribution < 1.29 is 4.79 Å². The molecule has 2 N–H and O–H groups in total. The summed E-state index contributed by atoms with van der Waals surface area (Å²) in [5.41, 5.74) is 1.88. The summed E-state index contributed by atoms with van der Waals surface area (Å²) in [4.78, 5) is 11.7. The van der Waals surface area contributed by atoms with E-state index in [1.807, 2.05) is 0 Å². The Hall–Kier alpha value is -1.19. The number of benzene rings is 1. The molecule has 0 radical (unpaired) electrons. The first kappa shape index (κ1) is 14.2. The van der Waals surface area contributed by atoms with Crippen LogP contribution >= 0.6 is 23.2 Å². The van der Waals surface area contributed by atoms with Crippen LogP contribution in [-0.2, 0) is 0 Å². The van der Waals surface area contributed by atoms with Gasteiger partial charge in [-0.2, -0.15) is 0 Å². The first-order valence-electron chi connectivity index (χ1n) is 6.35. The van der Waals surface area contributed by atoms with Gasteiger partial charge in [0, 0.05) is 21.9 Å². The van der Waals surface area contributed by atoms with Gasteiger partial charge in [-0.05, 0) is 43.9 Å². The molecule has 19 heavy (non-hydrogen) atoms. The van der Waals surface area contributed by atoms with E-state index in [1.54, 1.807) is 24.4 Å². The maximum Gasteiger partial charge on any atom is 0.323 e. The molecule has 0 bridgehead atoms. The highest BCUT2D eigenvalue weighted by Gasteiger charge is 2.06. The largest absolute Gasteiger partial charge is 0.323 e. The van der Waals surface area contributed by atoms with E-state index in [1.165, 1.54) is 24.8 Å². The second kappa shape index (κ2) is 6.83. The number of anilines is 1. The van der Waals surface area contributed by atoms with Crippen LogP contribution in [0, 0.1) is 0 Å². The van der Waals surface area contributed by atoms with Gasteiger partial charge in [0.2, 0.25) is 0 Å². The van der Waals surface area contributed by atoms with Crippen molar-refractivity contribution in [3.05, 3.63) is 40.0 Å². The number of urea groups is 1. The average molecular weight is 299 g/mol. The molecule has 3 nitrogen and oxygen atoms in total. The number of hydrogen-bond acceptors (Lipinski definition) is 1. The van der Waals surface area contributed by atoms with Crippen LogP contribution in [0.25, 0.3) is 0 Å². The first-order chi connectivity index (χ1) is 9.13. The molecule has 0 aliphatic heterocycles. The molecule has 2 amide bonds. The van der Waals surface area contributed by atoms with Gasteiger partial charge < -0.3 is 10.6 Å². The fourth-order valence-corrected chi connectivity index (χ4v) is 2.64. The molecule has 1 aromatic carbocycles. The smallest absolute Gasteiger partial charge is 0.314 e. The lowest BCUT2D eigenvalue weighted by Crippen LogP contribution is -2.24. The molecule has 0 unspecified atom stereocenters. The number of nitrogens with one attached hydrogen (secondary N) is 2. The highest BCUT2D eigenvalue weighted by molar-refractivity contribution is 6.35. The lowest BCUT2D eigenvalue weighted by molar-refractivity contribution is 0.255. The number of hydrogen-bond donors (Lipinski definition) is 2. The van der Waals surface area contributed by atoms with Crippen molar-refractivity contribution in [2.75, 3.05) is 5.32 Å². The highest BCUT2D eigenvalue weighted by atomic mass is 35.5. The first-order valence-corrected chi connectivity index (χ1v) is 7.10. The SMILES string of the molecule is O=C(NC=C1CCCCC1)Nc1cc(Cl)cc(Cl)c1. The summed E-state index contributed by atoms with van der Waals surface area (Å²) in [6, 6.07) is 4.65. The topological polar surface area (TPSA) is 41.1 Å². The maximum atomic E-state index is 11.7. The molecule has 1 aromatic rings. The highest BCUT2D eigenvalue weighted by Crippen LogP contribution is 2.23. The monoisotopic (exact) mass is 298 g/mol. The minimum absolute atomic E-state index is 0.281. The van der Waals surface area contributed by atoms with Gasteiger partial charge >= 0.3 is 6.03 Å². The molecule has 0 heterocycles. The Morgan fingerprint density at radius 2 is 1.68 bits per heavy atom. The predicted octanol–water partition coefficient (Wildman–Crippen LogP) is 4.96. The second-order valence-corrected chi connectivity index (χ2v) is 5.49. The number of amides is 2. The molecule has 1 saturated carbocycles. The zero-order valence-corrected chi connectivity index (χ0v) is 12.0. The van der Waals surface area contributed by atoms with Crippen molar-refractivity contribution in [3.63, 3.8) is 0 Å². The molecule has 1 fully saturated rings. The zero-order valence-electron chi connectivity index (χ0n) is 10.5. The van der Waals surface area contributed by atoms with Crippen molar-refractivity contribution in [1.29, 1.82) is 0 Å². The van der Waals surface area contributed by atoms with E-state index in [0.29, 0.717) is 15.7 Å². The third kappa shape index (κ3) is 4.77. The third-order valence-corrected chi connectivity index (χ3v) is 3.46. The van der Waals surface area contributed by atoms with Crippen LogP contribution in [0.3, 0.4) is 0 Å².